The second-order valence-corrected chi connectivity index (χ2v) is 5.02. The number of benzene rings is 1. The Balaban J connectivity index is 2.71. The van der Waals surface area contributed by atoms with Gasteiger partial charge in [0.2, 0.25) is 12.6 Å². The highest BCUT2D eigenvalue weighted by Crippen LogP contribution is 2.20. The molecule has 0 heterocycles. The van der Waals surface area contributed by atoms with Crippen molar-refractivity contribution in [1.29, 1.82) is 0 Å². The van der Waals surface area contributed by atoms with Crippen LogP contribution in [0.3, 0.4) is 0 Å². The molecule has 1 aromatic rings. The Hall–Kier alpha value is -2.84. The van der Waals surface area contributed by atoms with Crippen LogP contribution in [0, 0.1) is 0 Å². The maximum atomic E-state index is 11.4. The lowest BCUT2D eigenvalue weighted by molar-refractivity contribution is -0.164. The number of aliphatic hydroxyl groups excluding tert-OH is 2. The van der Waals surface area contributed by atoms with Crippen LogP contribution in [0.5, 0.6) is 0 Å². The van der Waals surface area contributed by atoms with Crippen LogP contribution >= 0.6 is 0 Å². The standard InChI is InChI=1S/C16H20N2O6/c1-9(17)7-13(19)23-15(21)11-3-5-12(6-4-11)16(22)24-14(20)8-10(2)18/h3-8,15-16,21-22H,17-18H2,1-2H3/b9-7-,10-8-. The minimum atomic E-state index is -1.50. The topological polar surface area (TPSA) is 145 Å². The molecule has 0 aromatic heterocycles. The second-order valence-electron chi connectivity index (χ2n) is 5.02. The molecular weight excluding hydrogens is 316 g/mol. The van der Waals surface area contributed by atoms with Crippen molar-refractivity contribution in [2.24, 2.45) is 11.5 Å². The number of nitrogens with two attached hydrogens (primary N) is 2. The molecule has 6 N–H and O–H groups in total. The SMILES string of the molecule is C/C(N)=C/C(=O)OC(O)c1ccc(C(O)OC(=O)/C=C(/C)N)cc1. The number of aliphatic hydroxyl groups is 2. The van der Waals surface area contributed by atoms with E-state index in [0.29, 0.717) is 0 Å². The molecule has 0 aliphatic heterocycles. The summed E-state index contributed by atoms with van der Waals surface area (Å²) in [4.78, 5) is 22.7. The monoisotopic (exact) mass is 336 g/mol. The summed E-state index contributed by atoms with van der Waals surface area (Å²) in [6.07, 6.45) is -0.920. The van der Waals surface area contributed by atoms with Gasteiger partial charge in [0.25, 0.3) is 0 Å². The maximum absolute atomic E-state index is 11.4. The molecule has 0 saturated carbocycles. The summed E-state index contributed by atoms with van der Waals surface area (Å²) in [5, 5.41) is 19.6. The first-order chi connectivity index (χ1) is 11.2. The summed E-state index contributed by atoms with van der Waals surface area (Å²) in [5.74, 6) is -1.58. The quantitative estimate of drug-likeness (QED) is 0.333. The first kappa shape index (κ1) is 19.2. The summed E-state index contributed by atoms with van der Waals surface area (Å²) >= 11 is 0. The van der Waals surface area contributed by atoms with E-state index in [1.807, 2.05) is 0 Å². The Kier molecular flexibility index (Phi) is 6.97. The zero-order chi connectivity index (χ0) is 18.3. The van der Waals surface area contributed by atoms with Crippen molar-refractivity contribution in [2.75, 3.05) is 0 Å². The number of esters is 2. The summed E-state index contributed by atoms with van der Waals surface area (Å²) in [6.45, 7) is 3.01. The first-order valence-electron chi connectivity index (χ1n) is 6.94. The molecule has 0 aliphatic carbocycles. The van der Waals surface area contributed by atoms with Gasteiger partial charge in [0, 0.05) is 34.7 Å². The molecule has 0 aliphatic rings. The van der Waals surface area contributed by atoms with Crippen LogP contribution in [0.2, 0.25) is 0 Å². The van der Waals surface area contributed by atoms with Crippen LogP contribution in [0.4, 0.5) is 0 Å². The van der Waals surface area contributed by atoms with Gasteiger partial charge >= 0.3 is 11.9 Å². The highest BCUT2D eigenvalue weighted by Gasteiger charge is 2.15. The van der Waals surface area contributed by atoms with Gasteiger partial charge < -0.3 is 31.2 Å². The van der Waals surface area contributed by atoms with Crippen molar-refractivity contribution >= 4 is 11.9 Å². The van der Waals surface area contributed by atoms with E-state index < -0.39 is 24.5 Å². The number of allylic oxidation sites excluding steroid dienone is 2. The van der Waals surface area contributed by atoms with Crippen molar-refractivity contribution in [3.8, 4) is 0 Å². The molecule has 8 heteroatoms. The molecule has 0 radical (unpaired) electrons. The first-order valence-corrected chi connectivity index (χ1v) is 6.94. The predicted molar refractivity (Wildman–Crippen MR) is 84.4 cm³/mol. The third-order valence-electron chi connectivity index (χ3n) is 2.65. The molecule has 0 fully saturated rings. The Morgan fingerprint density at radius 1 is 0.875 bits per heavy atom. The van der Waals surface area contributed by atoms with Crippen LogP contribution in [0.1, 0.15) is 37.6 Å². The number of hydrogen-bond acceptors (Lipinski definition) is 8. The fourth-order valence-electron chi connectivity index (χ4n) is 1.62. The van der Waals surface area contributed by atoms with Crippen LogP contribution < -0.4 is 11.5 Å². The Bertz CT molecular complexity index is 586. The average Bonchev–Trinajstić information content (AvgIpc) is 2.45. The molecule has 1 aromatic carbocycles. The third kappa shape index (κ3) is 6.51. The molecule has 0 spiro atoms. The third-order valence-corrected chi connectivity index (χ3v) is 2.65. The predicted octanol–water partition coefficient (Wildman–Crippen LogP) is 0.480. The number of ether oxygens (including phenoxy) is 2. The van der Waals surface area contributed by atoms with Crippen molar-refractivity contribution < 1.29 is 29.3 Å². The largest absolute Gasteiger partial charge is 0.428 e. The van der Waals surface area contributed by atoms with E-state index in [1.165, 1.54) is 38.1 Å². The molecular formula is C16H20N2O6. The van der Waals surface area contributed by atoms with Crippen molar-refractivity contribution in [1.82, 2.24) is 0 Å². The second kappa shape index (κ2) is 8.70. The van der Waals surface area contributed by atoms with Crippen molar-refractivity contribution in [2.45, 2.75) is 26.4 Å². The molecule has 0 amide bonds. The molecule has 2 atom stereocenters. The van der Waals surface area contributed by atoms with Gasteiger partial charge in [-0.05, 0) is 13.8 Å². The summed E-state index contributed by atoms with van der Waals surface area (Å²) in [7, 11) is 0. The van der Waals surface area contributed by atoms with Crippen LogP contribution in [-0.2, 0) is 19.1 Å². The molecule has 130 valence electrons. The minimum Gasteiger partial charge on any atom is -0.428 e. The lowest BCUT2D eigenvalue weighted by Crippen LogP contribution is -2.12. The zero-order valence-electron chi connectivity index (χ0n) is 13.3. The van der Waals surface area contributed by atoms with Gasteiger partial charge in [-0.15, -0.1) is 0 Å². The highest BCUT2D eigenvalue weighted by molar-refractivity contribution is 5.83. The fourth-order valence-corrected chi connectivity index (χ4v) is 1.62. The van der Waals surface area contributed by atoms with Crippen LogP contribution in [-0.4, -0.2) is 22.2 Å². The number of hydrogen-bond donors (Lipinski definition) is 4. The lowest BCUT2D eigenvalue weighted by atomic mass is 10.1. The molecule has 0 bridgehead atoms. The molecule has 1 rings (SSSR count). The fraction of sp³-hybridized carbons (Fsp3) is 0.250. The Morgan fingerprint density at radius 3 is 1.42 bits per heavy atom. The van der Waals surface area contributed by atoms with Gasteiger partial charge in [0.05, 0.1) is 0 Å². The summed E-state index contributed by atoms with van der Waals surface area (Å²) < 4.78 is 9.49. The van der Waals surface area contributed by atoms with Gasteiger partial charge in [-0.25, -0.2) is 9.59 Å². The van der Waals surface area contributed by atoms with Crippen molar-refractivity contribution in [3.05, 3.63) is 58.9 Å². The van der Waals surface area contributed by atoms with E-state index in [1.54, 1.807) is 0 Å². The maximum Gasteiger partial charge on any atom is 0.335 e. The lowest BCUT2D eigenvalue weighted by Gasteiger charge is -2.14. The highest BCUT2D eigenvalue weighted by atomic mass is 16.6. The van der Waals surface area contributed by atoms with E-state index in [0.717, 1.165) is 12.2 Å². The number of carbonyl (C=O) groups is 2. The summed E-state index contributed by atoms with van der Waals surface area (Å²) in [5.41, 5.74) is 11.7. The average molecular weight is 336 g/mol. The van der Waals surface area contributed by atoms with Crippen LogP contribution in [0.25, 0.3) is 0 Å². The number of rotatable bonds is 6. The van der Waals surface area contributed by atoms with Crippen LogP contribution in [0.15, 0.2) is 47.8 Å². The molecule has 0 saturated heterocycles. The molecule has 8 nitrogen and oxygen atoms in total. The van der Waals surface area contributed by atoms with E-state index >= 15 is 0 Å². The number of carbonyl (C=O) groups excluding carboxylic acids is 2. The van der Waals surface area contributed by atoms with Crippen molar-refractivity contribution in [3.63, 3.8) is 0 Å². The Morgan fingerprint density at radius 2 is 1.17 bits per heavy atom. The van der Waals surface area contributed by atoms with E-state index in [2.05, 4.69) is 0 Å². The molecule has 24 heavy (non-hydrogen) atoms. The van der Waals surface area contributed by atoms with E-state index in [9.17, 15) is 19.8 Å². The summed E-state index contributed by atoms with van der Waals surface area (Å²) in [6, 6.07) is 5.64. The normalized spacial score (nSPS) is 14.7. The Labute approximate surface area is 139 Å². The van der Waals surface area contributed by atoms with Gasteiger partial charge in [-0.3, -0.25) is 0 Å². The smallest absolute Gasteiger partial charge is 0.335 e. The van der Waals surface area contributed by atoms with E-state index in [-0.39, 0.29) is 22.5 Å². The van der Waals surface area contributed by atoms with Gasteiger partial charge in [-0.2, -0.15) is 0 Å². The van der Waals surface area contributed by atoms with Gasteiger partial charge in [0.1, 0.15) is 0 Å². The van der Waals surface area contributed by atoms with Gasteiger partial charge in [0.15, 0.2) is 0 Å². The molecule has 2 unspecified atom stereocenters. The van der Waals surface area contributed by atoms with E-state index in [4.69, 9.17) is 20.9 Å². The zero-order valence-corrected chi connectivity index (χ0v) is 13.3. The minimum absolute atomic E-state index is 0.245. The van der Waals surface area contributed by atoms with Gasteiger partial charge in [-0.1, -0.05) is 24.3 Å².